The third kappa shape index (κ3) is 7.32. The van der Waals surface area contributed by atoms with E-state index < -0.39 is 0 Å². The molecule has 0 aliphatic rings. The van der Waals surface area contributed by atoms with Crippen molar-refractivity contribution in [3.05, 3.63) is 66.0 Å². The van der Waals surface area contributed by atoms with Gasteiger partial charge in [0.1, 0.15) is 18.2 Å². The molecule has 0 spiro atoms. The maximum Gasteiger partial charge on any atom is 0.191 e. The van der Waals surface area contributed by atoms with Crippen molar-refractivity contribution in [3.63, 3.8) is 0 Å². The van der Waals surface area contributed by atoms with Crippen molar-refractivity contribution in [1.29, 1.82) is 0 Å². The van der Waals surface area contributed by atoms with Crippen LogP contribution in [-0.4, -0.2) is 26.2 Å². The Morgan fingerprint density at radius 3 is 2.57 bits per heavy atom. The van der Waals surface area contributed by atoms with Crippen molar-refractivity contribution in [2.45, 2.75) is 6.54 Å². The van der Waals surface area contributed by atoms with Crippen LogP contribution in [0.15, 0.2) is 59.6 Å². The van der Waals surface area contributed by atoms with Gasteiger partial charge in [-0.3, -0.25) is 4.99 Å². The standard InChI is InChI=1S/C17H20FN3O.HI/c1-19-17(21-13-14-6-3-2-4-7-14)20-10-11-22-16-9-5-8-15(18)12-16;/h2-9,12H,10-11,13H2,1H3,(H2,19,20,21);1H. The molecule has 0 amide bonds. The van der Waals surface area contributed by atoms with Gasteiger partial charge in [0.15, 0.2) is 5.96 Å². The Morgan fingerprint density at radius 1 is 1.09 bits per heavy atom. The monoisotopic (exact) mass is 429 g/mol. The van der Waals surface area contributed by atoms with Crippen LogP contribution in [0.2, 0.25) is 0 Å². The van der Waals surface area contributed by atoms with E-state index in [0.717, 1.165) is 0 Å². The van der Waals surface area contributed by atoms with Gasteiger partial charge in [0.25, 0.3) is 0 Å². The molecular weight excluding hydrogens is 408 g/mol. The van der Waals surface area contributed by atoms with Crippen molar-refractivity contribution in [2.24, 2.45) is 4.99 Å². The van der Waals surface area contributed by atoms with E-state index in [4.69, 9.17) is 4.74 Å². The topological polar surface area (TPSA) is 45.7 Å². The number of nitrogens with zero attached hydrogens (tertiary/aromatic N) is 1. The van der Waals surface area contributed by atoms with Crippen LogP contribution in [0.25, 0.3) is 0 Å². The molecular formula is C17H21FIN3O. The Bertz CT molecular complexity index is 608. The van der Waals surface area contributed by atoms with Gasteiger partial charge in [-0.25, -0.2) is 4.39 Å². The summed E-state index contributed by atoms with van der Waals surface area (Å²) in [5.74, 6) is 0.923. The molecule has 4 nitrogen and oxygen atoms in total. The number of hydrogen-bond acceptors (Lipinski definition) is 2. The van der Waals surface area contributed by atoms with E-state index in [0.29, 0.717) is 31.4 Å². The zero-order chi connectivity index (χ0) is 15.6. The van der Waals surface area contributed by atoms with Crippen LogP contribution < -0.4 is 15.4 Å². The first-order valence-corrected chi connectivity index (χ1v) is 7.15. The van der Waals surface area contributed by atoms with E-state index in [1.54, 1.807) is 19.2 Å². The molecule has 0 atom stereocenters. The van der Waals surface area contributed by atoms with Crippen LogP contribution in [-0.2, 0) is 6.54 Å². The molecule has 0 aromatic heterocycles. The molecule has 124 valence electrons. The molecule has 0 radical (unpaired) electrons. The lowest BCUT2D eigenvalue weighted by atomic mass is 10.2. The Kier molecular flexibility index (Phi) is 9.04. The highest BCUT2D eigenvalue weighted by atomic mass is 127. The molecule has 0 unspecified atom stereocenters. The Morgan fingerprint density at radius 2 is 1.87 bits per heavy atom. The second kappa shape index (κ2) is 10.8. The van der Waals surface area contributed by atoms with Crippen molar-refractivity contribution in [3.8, 4) is 5.75 Å². The molecule has 2 aromatic carbocycles. The molecule has 0 fully saturated rings. The van der Waals surface area contributed by atoms with Crippen molar-refractivity contribution in [1.82, 2.24) is 10.6 Å². The number of benzene rings is 2. The molecule has 0 bridgehead atoms. The normalized spacial score (nSPS) is 10.6. The molecule has 0 aliphatic carbocycles. The molecule has 0 aliphatic heterocycles. The molecule has 2 rings (SSSR count). The second-order valence-corrected chi connectivity index (χ2v) is 4.64. The van der Waals surface area contributed by atoms with Gasteiger partial charge in [-0.2, -0.15) is 0 Å². The fraction of sp³-hybridized carbons (Fsp3) is 0.235. The predicted octanol–water partition coefficient (Wildman–Crippen LogP) is 3.19. The van der Waals surface area contributed by atoms with Crippen molar-refractivity contribution >= 4 is 29.9 Å². The lowest BCUT2D eigenvalue weighted by Crippen LogP contribution is -2.38. The summed E-state index contributed by atoms with van der Waals surface area (Å²) in [5, 5.41) is 6.36. The largest absolute Gasteiger partial charge is 0.492 e. The number of hydrogen-bond donors (Lipinski definition) is 2. The Hall–Kier alpha value is -1.83. The van der Waals surface area contributed by atoms with Crippen LogP contribution in [0.3, 0.4) is 0 Å². The van der Waals surface area contributed by atoms with Crippen LogP contribution in [0.4, 0.5) is 4.39 Å². The summed E-state index contributed by atoms with van der Waals surface area (Å²) in [6, 6.07) is 16.2. The fourth-order valence-corrected chi connectivity index (χ4v) is 1.90. The first-order valence-electron chi connectivity index (χ1n) is 7.15. The van der Waals surface area contributed by atoms with Crippen LogP contribution >= 0.6 is 24.0 Å². The molecule has 2 aromatic rings. The minimum Gasteiger partial charge on any atom is -0.492 e. The van der Waals surface area contributed by atoms with Crippen molar-refractivity contribution < 1.29 is 9.13 Å². The summed E-state index contributed by atoms with van der Waals surface area (Å²) in [7, 11) is 1.72. The lowest BCUT2D eigenvalue weighted by molar-refractivity contribution is 0.320. The summed E-state index contributed by atoms with van der Waals surface area (Å²) in [5.41, 5.74) is 1.18. The third-order valence-corrected chi connectivity index (χ3v) is 2.99. The van der Waals surface area contributed by atoms with Gasteiger partial charge >= 0.3 is 0 Å². The van der Waals surface area contributed by atoms with Gasteiger partial charge in [-0.15, -0.1) is 24.0 Å². The number of guanidine groups is 1. The van der Waals surface area contributed by atoms with Crippen molar-refractivity contribution in [2.75, 3.05) is 20.2 Å². The molecule has 0 saturated heterocycles. The van der Waals surface area contributed by atoms with E-state index in [9.17, 15) is 4.39 Å². The third-order valence-electron chi connectivity index (χ3n) is 2.99. The number of rotatable bonds is 6. The first-order chi connectivity index (χ1) is 10.8. The predicted molar refractivity (Wildman–Crippen MR) is 102 cm³/mol. The van der Waals surface area contributed by atoms with Gasteiger partial charge in [0.05, 0.1) is 6.54 Å². The molecule has 6 heteroatoms. The summed E-state index contributed by atoms with van der Waals surface area (Å²) < 4.78 is 18.5. The summed E-state index contributed by atoms with van der Waals surface area (Å²) in [6.45, 7) is 1.70. The molecule has 0 saturated carbocycles. The van der Waals surface area contributed by atoms with Gasteiger partial charge in [0, 0.05) is 19.7 Å². The summed E-state index contributed by atoms with van der Waals surface area (Å²) in [4.78, 5) is 4.14. The number of aliphatic imine (C=N–C) groups is 1. The average molecular weight is 429 g/mol. The maximum absolute atomic E-state index is 13.0. The first kappa shape index (κ1) is 19.2. The lowest BCUT2D eigenvalue weighted by Gasteiger charge is -2.12. The smallest absolute Gasteiger partial charge is 0.191 e. The molecule has 23 heavy (non-hydrogen) atoms. The fourth-order valence-electron chi connectivity index (χ4n) is 1.90. The highest BCUT2D eigenvalue weighted by Crippen LogP contribution is 2.11. The number of nitrogens with one attached hydrogen (secondary N) is 2. The van der Waals surface area contributed by atoms with Crippen LogP contribution in [0.1, 0.15) is 5.56 Å². The van der Waals surface area contributed by atoms with Crippen LogP contribution in [0.5, 0.6) is 5.75 Å². The molecule has 0 heterocycles. The van der Waals surface area contributed by atoms with Crippen LogP contribution in [0, 0.1) is 5.82 Å². The Balaban J connectivity index is 0.00000264. The van der Waals surface area contributed by atoms with Gasteiger partial charge in [-0.1, -0.05) is 36.4 Å². The molecule has 2 N–H and O–H groups in total. The highest BCUT2D eigenvalue weighted by molar-refractivity contribution is 14.0. The maximum atomic E-state index is 13.0. The van der Waals surface area contributed by atoms with Gasteiger partial charge < -0.3 is 15.4 Å². The minimum absolute atomic E-state index is 0. The second-order valence-electron chi connectivity index (χ2n) is 4.64. The zero-order valence-corrected chi connectivity index (χ0v) is 15.3. The average Bonchev–Trinajstić information content (AvgIpc) is 2.55. The van der Waals surface area contributed by atoms with Gasteiger partial charge in [-0.05, 0) is 17.7 Å². The van der Waals surface area contributed by atoms with Gasteiger partial charge in [0.2, 0.25) is 0 Å². The SMILES string of the molecule is CN=C(NCCOc1cccc(F)c1)NCc1ccccc1.I. The zero-order valence-electron chi connectivity index (χ0n) is 13.0. The van der Waals surface area contributed by atoms with E-state index in [1.165, 1.54) is 17.7 Å². The quantitative estimate of drug-likeness (QED) is 0.321. The van der Waals surface area contributed by atoms with E-state index in [-0.39, 0.29) is 29.8 Å². The van der Waals surface area contributed by atoms with E-state index in [1.807, 2.05) is 30.3 Å². The summed E-state index contributed by atoms with van der Waals surface area (Å²) in [6.07, 6.45) is 0. The number of ether oxygens (including phenoxy) is 1. The Labute approximate surface area is 153 Å². The highest BCUT2D eigenvalue weighted by Gasteiger charge is 1.99. The summed E-state index contributed by atoms with van der Waals surface area (Å²) >= 11 is 0. The minimum atomic E-state index is -0.300. The van der Waals surface area contributed by atoms with E-state index >= 15 is 0 Å². The van der Waals surface area contributed by atoms with E-state index in [2.05, 4.69) is 15.6 Å². The number of halogens is 2.